The van der Waals surface area contributed by atoms with Crippen LogP contribution in [0, 0.1) is 0 Å². The van der Waals surface area contributed by atoms with Gasteiger partial charge in [0.05, 0.1) is 5.41 Å². The summed E-state index contributed by atoms with van der Waals surface area (Å²) < 4.78 is 0. The van der Waals surface area contributed by atoms with Crippen LogP contribution in [0.3, 0.4) is 0 Å². The first-order valence-corrected chi connectivity index (χ1v) is 9.40. The van der Waals surface area contributed by atoms with Crippen molar-refractivity contribution in [2.45, 2.75) is 37.6 Å². The van der Waals surface area contributed by atoms with Crippen LogP contribution in [0.2, 0.25) is 5.02 Å². The van der Waals surface area contributed by atoms with E-state index in [1.807, 2.05) is 53.4 Å². The van der Waals surface area contributed by atoms with E-state index in [1.54, 1.807) is 0 Å². The van der Waals surface area contributed by atoms with Gasteiger partial charge in [-0.25, -0.2) is 0 Å². The number of nitrogens with one attached hydrogen (secondary N) is 1. The molecule has 134 valence electrons. The third-order valence-electron chi connectivity index (χ3n) is 5.36. The summed E-state index contributed by atoms with van der Waals surface area (Å²) >= 11 is 5.95. The molecule has 2 aliphatic rings. The van der Waals surface area contributed by atoms with Crippen LogP contribution in [0.5, 0.6) is 0 Å². The topological polar surface area (TPSA) is 49.4 Å². The highest BCUT2D eigenvalue weighted by molar-refractivity contribution is 6.30. The molecule has 26 heavy (non-hydrogen) atoms. The molecule has 2 aromatic carbocycles. The fraction of sp³-hybridized carbons (Fsp3) is 0.333. The summed E-state index contributed by atoms with van der Waals surface area (Å²) in [6.07, 6.45) is 3.29. The highest BCUT2D eigenvalue weighted by atomic mass is 35.5. The maximum atomic E-state index is 12.7. The summed E-state index contributed by atoms with van der Waals surface area (Å²) in [6, 6.07) is 15.4. The number of hydrogen-bond acceptors (Lipinski definition) is 2. The normalized spacial score (nSPS) is 18.0. The van der Waals surface area contributed by atoms with Crippen LogP contribution in [-0.2, 0) is 21.5 Å². The Morgan fingerprint density at radius 1 is 1.08 bits per heavy atom. The predicted molar refractivity (Wildman–Crippen MR) is 102 cm³/mol. The van der Waals surface area contributed by atoms with Crippen molar-refractivity contribution in [1.82, 2.24) is 5.32 Å². The molecule has 1 heterocycles. The van der Waals surface area contributed by atoms with E-state index in [0.717, 1.165) is 42.6 Å². The zero-order valence-electron chi connectivity index (χ0n) is 14.5. The van der Waals surface area contributed by atoms with Crippen LogP contribution >= 0.6 is 11.6 Å². The molecular weight excluding hydrogens is 348 g/mol. The summed E-state index contributed by atoms with van der Waals surface area (Å²) in [5.74, 6) is 0.253. The molecule has 2 aromatic rings. The van der Waals surface area contributed by atoms with Gasteiger partial charge in [0, 0.05) is 30.2 Å². The van der Waals surface area contributed by atoms with Gasteiger partial charge in [0.15, 0.2) is 0 Å². The van der Waals surface area contributed by atoms with Crippen LogP contribution in [0.4, 0.5) is 5.69 Å². The van der Waals surface area contributed by atoms with Crippen molar-refractivity contribution in [2.75, 3.05) is 11.4 Å². The van der Waals surface area contributed by atoms with Crippen molar-refractivity contribution in [1.29, 1.82) is 0 Å². The molecule has 1 aliphatic carbocycles. The smallest absolute Gasteiger partial charge is 0.230 e. The van der Waals surface area contributed by atoms with Gasteiger partial charge in [0.25, 0.3) is 0 Å². The SMILES string of the molecule is O=C1CCCN1c1ccc(CNC(=O)C2(c3ccc(Cl)cc3)CC2)cc1. The number of nitrogens with zero attached hydrogens (tertiary/aromatic N) is 1. The number of carbonyl (C=O) groups excluding carboxylic acids is 2. The van der Waals surface area contributed by atoms with Gasteiger partial charge in [-0.3, -0.25) is 9.59 Å². The van der Waals surface area contributed by atoms with Crippen LogP contribution in [0.15, 0.2) is 48.5 Å². The Hall–Kier alpha value is -2.33. The van der Waals surface area contributed by atoms with E-state index in [9.17, 15) is 9.59 Å². The molecule has 0 radical (unpaired) electrons. The lowest BCUT2D eigenvalue weighted by atomic mass is 9.95. The third kappa shape index (κ3) is 3.21. The van der Waals surface area contributed by atoms with E-state index < -0.39 is 5.41 Å². The lowest BCUT2D eigenvalue weighted by molar-refractivity contribution is -0.123. The number of benzene rings is 2. The fourth-order valence-electron chi connectivity index (χ4n) is 3.61. The van der Waals surface area contributed by atoms with E-state index >= 15 is 0 Å². The number of rotatable bonds is 5. The number of carbonyl (C=O) groups is 2. The van der Waals surface area contributed by atoms with E-state index in [2.05, 4.69) is 5.32 Å². The molecule has 0 unspecified atom stereocenters. The average Bonchev–Trinajstić information content (AvgIpc) is 3.36. The second kappa shape index (κ2) is 6.76. The molecule has 1 saturated heterocycles. The van der Waals surface area contributed by atoms with Gasteiger partial charge in [-0.2, -0.15) is 0 Å². The van der Waals surface area contributed by atoms with E-state index in [-0.39, 0.29) is 11.8 Å². The van der Waals surface area contributed by atoms with Gasteiger partial charge in [-0.15, -0.1) is 0 Å². The van der Waals surface area contributed by atoms with Crippen molar-refractivity contribution in [2.24, 2.45) is 0 Å². The Bertz CT molecular complexity index is 826. The maximum Gasteiger partial charge on any atom is 0.230 e. The average molecular weight is 369 g/mol. The van der Waals surface area contributed by atoms with Crippen LogP contribution in [0.1, 0.15) is 36.8 Å². The van der Waals surface area contributed by atoms with Gasteiger partial charge in [-0.05, 0) is 54.7 Å². The third-order valence-corrected chi connectivity index (χ3v) is 5.61. The standard InChI is InChI=1S/C21H21ClN2O2/c22-17-7-5-16(6-8-17)21(11-12-21)20(26)23-14-15-3-9-18(10-4-15)24-13-1-2-19(24)25/h3-10H,1-2,11-14H2,(H,23,26). The summed E-state index contributed by atoms with van der Waals surface area (Å²) in [7, 11) is 0. The molecule has 0 bridgehead atoms. The zero-order valence-corrected chi connectivity index (χ0v) is 15.3. The summed E-state index contributed by atoms with van der Waals surface area (Å²) in [5, 5.41) is 3.74. The molecule has 1 saturated carbocycles. The Morgan fingerprint density at radius 3 is 2.35 bits per heavy atom. The molecule has 0 aromatic heterocycles. The van der Waals surface area contributed by atoms with Crippen molar-refractivity contribution in [3.8, 4) is 0 Å². The highest BCUT2D eigenvalue weighted by Gasteiger charge is 2.51. The zero-order chi connectivity index (χ0) is 18.1. The second-order valence-corrected chi connectivity index (χ2v) is 7.52. The molecule has 5 heteroatoms. The van der Waals surface area contributed by atoms with Gasteiger partial charge in [0.1, 0.15) is 0 Å². The first kappa shape index (κ1) is 17.1. The highest BCUT2D eigenvalue weighted by Crippen LogP contribution is 2.48. The van der Waals surface area contributed by atoms with Gasteiger partial charge >= 0.3 is 0 Å². The molecular formula is C21H21ClN2O2. The molecule has 1 N–H and O–H groups in total. The number of halogens is 1. The Morgan fingerprint density at radius 2 is 1.77 bits per heavy atom. The largest absolute Gasteiger partial charge is 0.351 e. The van der Waals surface area contributed by atoms with Gasteiger partial charge in [0.2, 0.25) is 11.8 Å². The molecule has 1 aliphatic heterocycles. The van der Waals surface area contributed by atoms with E-state index in [4.69, 9.17) is 11.6 Å². The van der Waals surface area contributed by atoms with Crippen molar-refractivity contribution in [3.63, 3.8) is 0 Å². The lowest BCUT2D eigenvalue weighted by Crippen LogP contribution is -2.34. The van der Waals surface area contributed by atoms with Gasteiger partial charge in [-0.1, -0.05) is 35.9 Å². The number of hydrogen-bond donors (Lipinski definition) is 1. The van der Waals surface area contributed by atoms with Crippen molar-refractivity contribution < 1.29 is 9.59 Å². The first-order valence-electron chi connectivity index (χ1n) is 9.02. The Balaban J connectivity index is 1.38. The molecule has 2 fully saturated rings. The number of anilines is 1. The van der Waals surface area contributed by atoms with E-state index in [1.165, 1.54) is 0 Å². The molecule has 2 amide bonds. The molecule has 4 nitrogen and oxygen atoms in total. The first-order chi connectivity index (χ1) is 12.6. The molecule has 0 spiro atoms. The fourth-order valence-corrected chi connectivity index (χ4v) is 3.73. The minimum atomic E-state index is -0.396. The summed E-state index contributed by atoms with van der Waals surface area (Å²) in [5.41, 5.74) is 2.59. The molecule has 4 rings (SSSR count). The Kier molecular flexibility index (Phi) is 4.45. The number of amides is 2. The van der Waals surface area contributed by atoms with Crippen LogP contribution in [-0.4, -0.2) is 18.4 Å². The Labute approximate surface area is 158 Å². The quantitative estimate of drug-likeness (QED) is 0.872. The summed E-state index contributed by atoms with van der Waals surface area (Å²) in [4.78, 5) is 26.3. The molecule has 0 atom stereocenters. The van der Waals surface area contributed by atoms with Gasteiger partial charge < -0.3 is 10.2 Å². The lowest BCUT2D eigenvalue weighted by Gasteiger charge is -2.17. The minimum absolute atomic E-state index is 0.0682. The minimum Gasteiger partial charge on any atom is -0.351 e. The van der Waals surface area contributed by atoms with Crippen molar-refractivity contribution in [3.05, 3.63) is 64.7 Å². The van der Waals surface area contributed by atoms with Crippen molar-refractivity contribution >= 4 is 29.1 Å². The van der Waals surface area contributed by atoms with Crippen LogP contribution in [0.25, 0.3) is 0 Å². The monoisotopic (exact) mass is 368 g/mol. The van der Waals surface area contributed by atoms with Crippen LogP contribution < -0.4 is 10.2 Å². The summed E-state index contributed by atoms with van der Waals surface area (Å²) in [6.45, 7) is 1.28. The predicted octanol–water partition coefficient (Wildman–Crippen LogP) is 3.81. The van der Waals surface area contributed by atoms with E-state index in [0.29, 0.717) is 18.0 Å². The second-order valence-electron chi connectivity index (χ2n) is 7.09. The maximum absolute atomic E-state index is 12.7.